The number of rotatable bonds is 3. The first kappa shape index (κ1) is 11.0. The van der Waals surface area contributed by atoms with Gasteiger partial charge in [0.15, 0.2) is 5.82 Å². The van der Waals surface area contributed by atoms with Gasteiger partial charge in [0.2, 0.25) is 0 Å². The molecule has 0 fully saturated rings. The third kappa shape index (κ3) is 2.20. The zero-order valence-corrected chi connectivity index (χ0v) is 9.23. The quantitative estimate of drug-likeness (QED) is 0.698. The Hall–Kier alpha value is -2.50. The highest BCUT2D eigenvalue weighted by atomic mass is 16.5. The number of methoxy groups -OCH3 is 1. The number of carbonyl (C=O) groups excluding carboxylic acids is 1. The number of hydrogen-bond donors (Lipinski definition) is 3. The smallest absolute Gasteiger partial charge is 0.345 e. The first-order chi connectivity index (χ1) is 8.22. The topological polar surface area (TPSA) is 93.0 Å². The normalized spacial score (nSPS) is 9.94. The average molecular weight is 232 g/mol. The van der Waals surface area contributed by atoms with Crippen molar-refractivity contribution in [2.24, 2.45) is 0 Å². The first-order valence-corrected chi connectivity index (χ1v) is 4.96. The molecule has 0 atom stereocenters. The van der Waals surface area contributed by atoms with Gasteiger partial charge < -0.3 is 15.8 Å². The van der Waals surface area contributed by atoms with Gasteiger partial charge in [0.05, 0.1) is 7.11 Å². The van der Waals surface area contributed by atoms with E-state index in [0.29, 0.717) is 5.82 Å². The Morgan fingerprint density at radius 1 is 1.41 bits per heavy atom. The van der Waals surface area contributed by atoms with Crippen LogP contribution in [0.15, 0.2) is 30.3 Å². The molecule has 2 aromatic rings. The van der Waals surface area contributed by atoms with Crippen LogP contribution in [0, 0.1) is 0 Å². The number of hydrogen-bond acceptors (Lipinski definition) is 5. The molecule has 0 amide bonds. The number of aromatic nitrogens is 2. The van der Waals surface area contributed by atoms with Crippen LogP contribution >= 0.6 is 0 Å². The molecular formula is C11H12N4O2. The van der Waals surface area contributed by atoms with Crippen molar-refractivity contribution in [1.29, 1.82) is 0 Å². The summed E-state index contributed by atoms with van der Waals surface area (Å²) in [6, 6.07) is 9.34. The van der Waals surface area contributed by atoms with Crippen molar-refractivity contribution in [1.82, 2.24) is 10.2 Å². The van der Waals surface area contributed by atoms with E-state index in [4.69, 9.17) is 5.73 Å². The van der Waals surface area contributed by atoms with Crippen molar-refractivity contribution < 1.29 is 9.53 Å². The number of nitrogens with zero attached hydrogens (tertiary/aromatic N) is 1. The van der Waals surface area contributed by atoms with E-state index in [2.05, 4.69) is 20.3 Å². The molecule has 88 valence electrons. The molecular weight excluding hydrogens is 220 g/mol. The molecule has 0 unspecified atom stereocenters. The van der Waals surface area contributed by atoms with Gasteiger partial charge in [0.1, 0.15) is 11.4 Å². The molecule has 0 saturated carbocycles. The second-order valence-corrected chi connectivity index (χ2v) is 3.34. The lowest BCUT2D eigenvalue weighted by Gasteiger charge is -2.04. The second kappa shape index (κ2) is 4.56. The monoisotopic (exact) mass is 232 g/mol. The zero-order chi connectivity index (χ0) is 12.3. The molecule has 0 aliphatic rings. The summed E-state index contributed by atoms with van der Waals surface area (Å²) < 4.78 is 4.63. The van der Waals surface area contributed by atoms with E-state index >= 15 is 0 Å². The fraction of sp³-hybridized carbons (Fsp3) is 0.0909. The lowest BCUT2D eigenvalue weighted by atomic mass is 10.2. The molecule has 0 spiro atoms. The number of ether oxygens (including phenoxy) is 1. The summed E-state index contributed by atoms with van der Waals surface area (Å²) in [6.45, 7) is 0. The van der Waals surface area contributed by atoms with Crippen LogP contribution in [-0.4, -0.2) is 23.3 Å². The Kier molecular flexibility index (Phi) is 2.95. The number of nitrogens with two attached hydrogens (primary N) is 1. The molecule has 1 heterocycles. The van der Waals surface area contributed by atoms with Crippen molar-refractivity contribution in [3.63, 3.8) is 0 Å². The standard InChI is InChI=1S/C11H12N4O2/c1-17-11(16)8-9(12)14-15-10(8)13-7-5-3-2-4-6-7/h2-6H,1H3,(H4,12,13,14,15). The highest BCUT2D eigenvalue weighted by Crippen LogP contribution is 2.23. The molecule has 0 bridgehead atoms. The van der Waals surface area contributed by atoms with Gasteiger partial charge in [-0.05, 0) is 12.1 Å². The fourth-order valence-electron chi connectivity index (χ4n) is 1.41. The molecule has 1 aromatic carbocycles. The SMILES string of the molecule is COC(=O)c1c(Nc2ccccc2)n[nH]c1N. The lowest BCUT2D eigenvalue weighted by Crippen LogP contribution is -2.06. The van der Waals surface area contributed by atoms with Gasteiger partial charge >= 0.3 is 5.97 Å². The second-order valence-electron chi connectivity index (χ2n) is 3.34. The van der Waals surface area contributed by atoms with Crippen molar-refractivity contribution in [3.8, 4) is 0 Å². The number of aromatic amines is 1. The minimum Gasteiger partial charge on any atom is -0.465 e. The Balaban J connectivity index is 2.31. The Morgan fingerprint density at radius 2 is 2.12 bits per heavy atom. The lowest BCUT2D eigenvalue weighted by molar-refractivity contribution is 0.0603. The maximum atomic E-state index is 11.5. The van der Waals surface area contributed by atoms with E-state index in [1.54, 1.807) is 0 Å². The first-order valence-electron chi connectivity index (χ1n) is 4.96. The number of benzene rings is 1. The van der Waals surface area contributed by atoms with E-state index in [9.17, 15) is 4.79 Å². The van der Waals surface area contributed by atoms with Gasteiger partial charge in [0, 0.05) is 5.69 Å². The zero-order valence-electron chi connectivity index (χ0n) is 9.23. The van der Waals surface area contributed by atoms with Crippen LogP contribution in [0.3, 0.4) is 0 Å². The van der Waals surface area contributed by atoms with Crippen molar-refractivity contribution >= 4 is 23.3 Å². The summed E-state index contributed by atoms with van der Waals surface area (Å²) in [7, 11) is 1.29. The summed E-state index contributed by atoms with van der Waals surface area (Å²) in [5.41, 5.74) is 6.63. The summed E-state index contributed by atoms with van der Waals surface area (Å²) in [5.74, 6) is -0.00878. The van der Waals surface area contributed by atoms with E-state index < -0.39 is 5.97 Å². The minimum absolute atomic E-state index is 0.176. The molecule has 17 heavy (non-hydrogen) atoms. The van der Waals surface area contributed by atoms with Gasteiger partial charge in [-0.3, -0.25) is 5.10 Å². The van der Waals surface area contributed by atoms with Crippen LogP contribution in [0.1, 0.15) is 10.4 Å². The largest absolute Gasteiger partial charge is 0.465 e. The number of anilines is 3. The molecule has 6 nitrogen and oxygen atoms in total. The van der Waals surface area contributed by atoms with Gasteiger partial charge in [0.25, 0.3) is 0 Å². The summed E-state index contributed by atoms with van der Waals surface area (Å²) in [5, 5.41) is 9.44. The molecule has 4 N–H and O–H groups in total. The number of carbonyl (C=O) groups is 1. The predicted molar refractivity (Wildman–Crippen MR) is 64.1 cm³/mol. The van der Waals surface area contributed by atoms with Crippen LogP contribution in [0.25, 0.3) is 0 Å². The molecule has 0 saturated heterocycles. The third-order valence-corrected chi connectivity index (χ3v) is 2.22. The number of nitrogens with one attached hydrogen (secondary N) is 2. The summed E-state index contributed by atoms with van der Waals surface area (Å²) in [4.78, 5) is 11.5. The number of H-pyrrole nitrogens is 1. The van der Waals surface area contributed by atoms with Gasteiger partial charge in [-0.15, -0.1) is 0 Å². The highest BCUT2D eigenvalue weighted by Gasteiger charge is 2.19. The summed E-state index contributed by atoms with van der Waals surface area (Å²) in [6.07, 6.45) is 0. The third-order valence-electron chi connectivity index (χ3n) is 2.22. The predicted octanol–water partition coefficient (Wildman–Crippen LogP) is 1.52. The van der Waals surface area contributed by atoms with Crippen LogP contribution in [-0.2, 0) is 4.74 Å². The average Bonchev–Trinajstić information content (AvgIpc) is 2.71. The molecule has 0 aliphatic heterocycles. The molecule has 2 rings (SSSR count). The Morgan fingerprint density at radius 3 is 2.76 bits per heavy atom. The van der Waals surface area contributed by atoms with Gasteiger partial charge in [-0.25, -0.2) is 4.79 Å². The fourth-order valence-corrected chi connectivity index (χ4v) is 1.41. The minimum atomic E-state index is -0.533. The van der Waals surface area contributed by atoms with Crippen LogP contribution < -0.4 is 11.1 Å². The van der Waals surface area contributed by atoms with Crippen molar-refractivity contribution in [2.75, 3.05) is 18.2 Å². The van der Waals surface area contributed by atoms with E-state index in [-0.39, 0.29) is 11.4 Å². The van der Waals surface area contributed by atoms with Gasteiger partial charge in [-0.1, -0.05) is 18.2 Å². The Labute approximate surface area is 97.8 Å². The van der Waals surface area contributed by atoms with Crippen LogP contribution in [0.5, 0.6) is 0 Å². The molecule has 1 aromatic heterocycles. The highest BCUT2D eigenvalue weighted by molar-refractivity contribution is 6.00. The van der Waals surface area contributed by atoms with Crippen LogP contribution in [0.2, 0.25) is 0 Å². The van der Waals surface area contributed by atoms with Crippen molar-refractivity contribution in [2.45, 2.75) is 0 Å². The Bertz CT molecular complexity index is 522. The van der Waals surface area contributed by atoms with Crippen LogP contribution in [0.4, 0.5) is 17.3 Å². The van der Waals surface area contributed by atoms with Gasteiger partial charge in [-0.2, -0.15) is 5.10 Å². The maximum absolute atomic E-state index is 11.5. The number of esters is 1. The van der Waals surface area contributed by atoms with Crippen molar-refractivity contribution in [3.05, 3.63) is 35.9 Å². The number of nitrogen functional groups attached to an aromatic ring is 1. The maximum Gasteiger partial charge on any atom is 0.345 e. The van der Waals surface area contributed by atoms with E-state index in [1.807, 2.05) is 30.3 Å². The molecule has 6 heteroatoms. The number of para-hydroxylation sites is 1. The summed E-state index contributed by atoms with van der Waals surface area (Å²) >= 11 is 0. The van der Waals surface area contributed by atoms with E-state index in [1.165, 1.54) is 7.11 Å². The molecule has 0 radical (unpaired) electrons. The van der Waals surface area contributed by atoms with E-state index in [0.717, 1.165) is 5.69 Å². The molecule has 0 aliphatic carbocycles.